The second-order valence-corrected chi connectivity index (χ2v) is 9.40. The van der Waals surface area contributed by atoms with Gasteiger partial charge in [0.1, 0.15) is 0 Å². The fourth-order valence-electron chi connectivity index (χ4n) is 5.27. The molecule has 6 nitrogen and oxygen atoms in total. The van der Waals surface area contributed by atoms with Crippen LogP contribution in [0.1, 0.15) is 63.7 Å². The Bertz CT molecular complexity index is 1520. The largest absolute Gasteiger partial charge is 0.268 e. The predicted molar refractivity (Wildman–Crippen MR) is 138 cm³/mol. The molecule has 0 saturated heterocycles. The van der Waals surface area contributed by atoms with Gasteiger partial charge >= 0.3 is 0 Å². The Morgan fingerprint density at radius 1 is 0.444 bits per heavy atom. The smallest absolute Gasteiger partial charge is 0.265 e. The molecule has 2 aliphatic heterocycles. The van der Waals surface area contributed by atoms with E-state index in [4.69, 9.17) is 0 Å². The molecule has 0 atom stereocenters. The molecule has 0 fully saturated rings. The lowest BCUT2D eigenvalue weighted by molar-refractivity contribution is 0.0873. The molecule has 2 heterocycles. The highest BCUT2D eigenvalue weighted by Crippen LogP contribution is 2.41. The number of imide groups is 2. The minimum absolute atomic E-state index is 0.298. The van der Waals surface area contributed by atoms with Crippen molar-refractivity contribution in [3.05, 3.63) is 105 Å². The monoisotopic (exact) mass is 474 g/mol. The van der Waals surface area contributed by atoms with Crippen molar-refractivity contribution in [1.29, 1.82) is 0 Å². The first-order chi connectivity index (χ1) is 17.2. The molecule has 0 saturated carbocycles. The zero-order chi connectivity index (χ0) is 25.5. The van der Waals surface area contributed by atoms with Gasteiger partial charge in [0.2, 0.25) is 0 Å². The number of benzene rings is 4. The highest BCUT2D eigenvalue weighted by atomic mass is 16.2. The lowest BCUT2D eigenvalue weighted by Gasteiger charge is -2.33. The molecular weight excluding hydrogens is 452 g/mol. The van der Waals surface area contributed by atoms with Gasteiger partial charge in [-0.15, -0.1) is 0 Å². The van der Waals surface area contributed by atoms with E-state index in [2.05, 4.69) is 0 Å². The Kier molecular flexibility index (Phi) is 4.54. The number of hydrogen-bond acceptors (Lipinski definition) is 4. The van der Waals surface area contributed by atoms with E-state index in [1.807, 2.05) is 52.0 Å². The van der Waals surface area contributed by atoms with Crippen LogP contribution < -0.4 is 9.80 Å². The van der Waals surface area contributed by atoms with Crippen LogP contribution >= 0.6 is 0 Å². The molecule has 6 rings (SSSR count). The second-order valence-electron chi connectivity index (χ2n) is 9.40. The Hall–Kier alpha value is -4.58. The van der Waals surface area contributed by atoms with Crippen LogP contribution in [0.15, 0.2) is 60.7 Å². The molecule has 4 aromatic rings. The fraction of sp³-hybridized carbons (Fsp3) is 0.133. The van der Waals surface area contributed by atoms with Gasteiger partial charge in [0.25, 0.3) is 23.6 Å². The minimum Gasteiger partial charge on any atom is -0.268 e. The van der Waals surface area contributed by atoms with Crippen LogP contribution in [0.25, 0.3) is 10.8 Å². The van der Waals surface area contributed by atoms with Crippen molar-refractivity contribution in [3.63, 3.8) is 0 Å². The van der Waals surface area contributed by atoms with Crippen LogP contribution in [0.3, 0.4) is 0 Å². The van der Waals surface area contributed by atoms with Gasteiger partial charge in [-0.3, -0.25) is 19.2 Å². The van der Waals surface area contributed by atoms with Crippen LogP contribution in [0.2, 0.25) is 0 Å². The molecule has 0 unspecified atom stereocenters. The van der Waals surface area contributed by atoms with E-state index in [0.29, 0.717) is 44.4 Å². The van der Waals surface area contributed by atoms with Crippen LogP contribution in [-0.4, -0.2) is 23.6 Å². The molecule has 0 aliphatic carbocycles. The van der Waals surface area contributed by atoms with E-state index in [9.17, 15) is 19.2 Å². The summed E-state index contributed by atoms with van der Waals surface area (Å²) >= 11 is 0. The first-order valence-corrected chi connectivity index (χ1v) is 11.7. The number of amides is 4. The summed E-state index contributed by atoms with van der Waals surface area (Å²) in [5.41, 5.74) is 5.84. The predicted octanol–water partition coefficient (Wildman–Crippen LogP) is 5.67. The van der Waals surface area contributed by atoms with Gasteiger partial charge in [-0.1, -0.05) is 24.3 Å². The molecular formula is C30H22N2O4. The van der Waals surface area contributed by atoms with Gasteiger partial charge in [-0.05, 0) is 86.3 Å². The van der Waals surface area contributed by atoms with E-state index < -0.39 is 23.6 Å². The van der Waals surface area contributed by atoms with Crippen molar-refractivity contribution in [3.8, 4) is 0 Å². The van der Waals surface area contributed by atoms with Crippen LogP contribution in [0, 0.1) is 27.7 Å². The molecule has 6 heteroatoms. The van der Waals surface area contributed by atoms with E-state index >= 15 is 0 Å². The Morgan fingerprint density at radius 2 is 0.750 bits per heavy atom. The maximum atomic E-state index is 13.7. The quantitative estimate of drug-likeness (QED) is 0.351. The normalized spacial score (nSPS) is 14.8. The van der Waals surface area contributed by atoms with Gasteiger partial charge in [-0.2, -0.15) is 0 Å². The maximum absolute atomic E-state index is 13.7. The van der Waals surface area contributed by atoms with Crippen LogP contribution in [-0.2, 0) is 0 Å². The molecule has 0 aromatic heterocycles. The third-order valence-corrected chi connectivity index (χ3v) is 7.53. The maximum Gasteiger partial charge on any atom is 0.265 e. The first-order valence-electron chi connectivity index (χ1n) is 11.7. The fourth-order valence-corrected chi connectivity index (χ4v) is 5.27. The summed E-state index contributed by atoms with van der Waals surface area (Å²) in [6.45, 7) is 7.60. The molecule has 2 aliphatic rings. The summed E-state index contributed by atoms with van der Waals surface area (Å²) in [6.07, 6.45) is 0. The van der Waals surface area contributed by atoms with E-state index in [1.165, 1.54) is 9.80 Å². The van der Waals surface area contributed by atoms with Gasteiger partial charge in [-0.25, -0.2) is 9.80 Å². The van der Waals surface area contributed by atoms with Crippen molar-refractivity contribution in [2.24, 2.45) is 0 Å². The SMILES string of the molecule is Cc1cccc(N2C(=O)c3ccc4c5c(ccc(c35)C2=O)C(=O)N(c2cccc(C)c2C)C4=O)c1C. The van der Waals surface area contributed by atoms with Gasteiger partial charge in [0, 0.05) is 33.0 Å². The lowest BCUT2D eigenvalue weighted by Crippen LogP contribution is -2.44. The molecule has 176 valence electrons. The van der Waals surface area contributed by atoms with E-state index in [0.717, 1.165) is 22.3 Å². The van der Waals surface area contributed by atoms with Crippen LogP contribution in [0.4, 0.5) is 11.4 Å². The number of nitrogens with zero attached hydrogens (tertiary/aromatic N) is 2. The summed E-state index contributed by atoms with van der Waals surface area (Å²) in [5, 5.41) is 0.729. The highest BCUT2D eigenvalue weighted by molar-refractivity contribution is 6.42. The zero-order valence-electron chi connectivity index (χ0n) is 20.3. The highest BCUT2D eigenvalue weighted by Gasteiger charge is 2.41. The van der Waals surface area contributed by atoms with Crippen molar-refractivity contribution in [2.45, 2.75) is 27.7 Å². The standard InChI is InChI=1S/C30H22N2O4/c1-15-7-5-9-23(17(15)3)31-27(33)19-11-13-21-26-22(14-12-20(25(19)26)28(31)34)30(36)32(29(21)35)24-10-6-8-16(2)18(24)4/h5-14H,1-4H3. The van der Waals surface area contributed by atoms with E-state index in [-0.39, 0.29) is 0 Å². The first kappa shape index (κ1) is 21.9. The van der Waals surface area contributed by atoms with Crippen molar-refractivity contribution < 1.29 is 19.2 Å². The summed E-state index contributed by atoms with van der Waals surface area (Å²) in [5.74, 6) is -1.88. The molecule has 36 heavy (non-hydrogen) atoms. The summed E-state index contributed by atoms with van der Waals surface area (Å²) in [6, 6.07) is 17.3. The van der Waals surface area contributed by atoms with Gasteiger partial charge in [0.05, 0.1) is 11.4 Å². The molecule has 4 aromatic carbocycles. The average Bonchev–Trinajstić information content (AvgIpc) is 2.86. The Morgan fingerprint density at radius 3 is 1.06 bits per heavy atom. The van der Waals surface area contributed by atoms with Gasteiger partial charge < -0.3 is 0 Å². The number of anilines is 2. The summed E-state index contributed by atoms with van der Waals surface area (Å²) < 4.78 is 0. The number of aryl methyl sites for hydroxylation is 2. The number of carbonyl (C=O) groups excluding carboxylic acids is 4. The molecule has 0 radical (unpaired) electrons. The zero-order valence-corrected chi connectivity index (χ0v) is 20.3. The van der Waals surface area contributed by atoms with Crippen LogP contribution in [0.5, 0.6) is 0 Å². The lowest BCUT2D eigenvalue weighted by atomic mass is 9.85. The summed E-state index contributed by atoms with van der Waals surface area (Å²) in [4.78, 5) is 57.0. The number of rotatable bonds is 2. The number of carbonyl (C=O) groups is 4. The molecule has 0 spiro atoms. The molecule has 0 bridgehead atoms. The number of hydrogen-bond donors (Lipinski definition) is 0. The third kappa shape index (κ3) is 2.72. The third-order valence-electron chi connectivity index (χ3n) is 7.53. The Labute approximate surface area is 207 Å². The second kappa shape index (κ2) is 7.46. The topological polar surface area (TPSA) is 74.8 Å². The van der Waals surface area contributed by atoms with Crippen molar-refractivity contribution >= 4 is 45.8 Å². The minimum atomic E-state index is -0.471. The van der Waals surface area contributed by atoms with Crippen molar-refractivity contribution in [1.82, 2.24) is 0 Å². The molecule has 0 N–H and O–H groups in total. The van der Waals surface area contributed by atoms with Crippen molar-refractivity contribution in [2.75, 3.05) is 9.80 Å². The van der Waals surface area contributed by atoms with E-state index in [1.54, 1.807) is 36.4 Å². The molecule has 4 amide bonds. The average molecular weight is 475 g/mol. The summed E-state index contributed by atoms with van der Waals surface area (Å²) in [7, 11) is 0. The Balaban J connectivity index is 1.58. The van der Waals surface area contributed by atoms with Gasteiger partial charge in [0.15, 0.2) is 0 Å².